The summed E-state index contributed by atoms with van der Waals surface area (Å²) in [7, 11) is 0. The van der Waals surface area contributed by atoms with Crippen LogP contribution in [0.2, 0.25) is 5.02 Å². The van der Waals surface area contributed by atoms with Gasteiger partial charge in [0.2, 0.25) is 5.91 Å². The third-order valence-corrected chi connectivity index (χ3v) is 4.37. The van der Waals surface area contributed by atoms with Crippen LogP contribution in [-0.2, 0) is 11.2 Å². The number of hydrogen-bond donors (Lipinski definition) is 2. The van der Waals surface area contributed by atoms with Gasteiger partial charge in [-0.05, 0) is 18.4 Å². The molecule has 0 aliphatic rings. The molecule has 3 nitrogen and oxygen atoms in total. The monoisotopic (exact) mass is 289 g/mol. The van der Waals surface area contributed by atoms with Crippen LogP contribution < -0.4 is 5.32 Å². The number of thiophene rings is 1. The fourth-order valence-corrected chi connectivity index (χ4v) is 2.58. The van der Waals surface area contributed by atoms with Crippen LogP contribution >= 0.6 is 22.9 Å². The normalized spacial score (nSPS) is 14.2. The number of carbonyl (C=O) groups is 1. The van der Waals surface area contributed by atoms with Crippen molar-refractivity contribution in [3.63, 3.8) is 0 Å². The Morgan fingerprint density at radius 2 is 2.33 bits per heavy atom. The highest BCUT2D eigenvalue weighted by Gasteiger charge is 2.13. The van der Waals surface area contributed by atoms with Gasteiger partial charge in [0.1, 0.15) is 0 Å². The second-order valence-electron chi connectivity index (χ2n) is 4.49. The van der Waals surface area contributed by atoms with Gasteiger partial charge < -0.3 is 10.4 Å². The van der Waals surface area contributed by atoms with Gasteiger partial charge in [-0.1, -0.05) is 31.9 Å². The number of aliphatic hydroxyl groups excluding tert-OH is 1. The van der Waals surface area contributed by atoms with Crippen molar-refractivity contribution < 1.29 is 9.90 Å². The first-order chi connectivity index (χ1) is 8.52. The van der Waals surface area contributed by atoms with E-state index in [0.29, 0.717) is 19.4 Å². The van der Waals surface area contributed by atoms with Crippen molar-refractivity contribution in [1.29, 1.82) is 0 Å². The SMILES string of the molecule is CCC(C)C(O)CNC(=O)CCc1cc(Cl)cs1. The summed E-state index contributed by atoms with van der Waals surface area (Å²) in [4.78, 5) is 12.7. The van der Waals surface area contributed by atoms with Crippen LogP contribution in [0, 0.1) is 5.92 Å². The Morgan fingerprint density at radius 1 is 1.61 bits per heavy atom. The average molecular weight is 290 g/mol. The molecule has 1 amide bonds. The number of nitrogens with one attached hydrogen (secondary N) is 1. The minimum absolute atomic E-state index is 0.0260. The van der Waals surface area contributed by atoms with Crippen molar-refractivity contribution in [3.8, 4) is 0 Å². The largest absolute Gasteiger partial charge is 0.391 e. The second-order valence-corrected chi connectivity index (χ2v) is 5.92. The van der Waals surface area contributed by atoms with Crippen LogP contribution in [0.3, 0.4) is 0 Å². The molecule has 0 aliphatic carbocycles. The first kappa shape index (κ1) is 15.5. The third-order valence-electron chi connectivity index (χ3n) is 3.03. The number of aliphatic hydroxyl groups is 1. The van der Waals surface area contributed by atoms with E-state index in [1.165, 1.54) is 0 Å². The van der Waals surface area contributed by atoms with Crippen LogP contribution in [0.4, 0.5) is 0 Å². The molecule has 1 aromatic heterocycles. The van der Waals surface area contributed by atoms with Gasteiger partial charge in [-0.25, -0.2) is 0 Å². The van der Waals surface area contributed by atoms with Crippen molar-refractivity contribution in [2.45, 2.75) is 39.2 Å². The summed E-state index contributed by atoms with van der Waals surface area (Å²) in [6.45, 7) is 4.33. The smallest absolute Gasteiger partial charge is 0.220 e. The Morgan fingerprint density at radius 3 is 2.89 bits per heavy atom. The molecule has 0 aliphatic heterocycles. The molecule has 18 heavy (non-hydrogen) atoms. The van der Waals surface area contributed by atoms with Gasteiger partial charge in [0.15, 0.2) is 0 Å². The van der Waals surface area contributed by atoms with E-state index >= 15 is 0 Å². The van der Waals surface area contributed by atoms with E-state index < -0.39 is 6.10 Å². The molecule has 0 fully saturated rings. The van der Waals surface area contributed by atoms with Gasteiger partial charge in [-0.2, -0.15) is 0 Å². The van der Waals surface area contributed by atoms with E-state index in [9.17, 15) is 9.90 Å². The van der Waals surface area contributed by atoms with Gasteiger partial charge >= 0.3 is 0 Å². The lowest BCUT2D eigenvalue weighted by molar-refractivity contribution is -0.121. The topological polar surface area (TPSA) is 49.3 Å². The molecule has 1 aromatic rings. The van der Waals surface area contributed by atoms with Crippen LogP contribution in [0.5, 0.6) is 0 Å². The number of aryl methyl sites for hydroxylation is 1. The van der Waals surface area contributed by atoms with Gasteiger partial charge in [0, 0.05) is 23.2 Å². The predicted molar refractivity (Wildman–Crippen MR) is 76.1 cm³/mol. The summed E-state index contributed by atoms with van der Waals surface area (Å²) in [6.07, 6.45) is 1.58. The molecular formula is C13H20ClNO2S. The second kappa shape index (κ2) is 7.77. The van der Waals surface area contributed by atoms with Crippen molar-refractivity contribution in [2.75, 3.05) is 6.54 Å². The summed E-state index contributed by atoms with van der Waals surface area (Å²) in [5, 5.41) is 15.1. The number of carbonyl (C=O) groups excluding carboxylic acids is 1. The molecule has 0 aromatic carbocycles. The van der Waals surface area contributed by atoms with Crippen molar-refractivity contribution in [3.05, 3.63) is 21.3 Å². The Hall–Kier alpha value is -0.580. The minimum Gasteiger partial charge on any atom is -0.391 e. The molecule has 102 valence electrons. The fourth-order valence-electron chi connectivity index (χ4n) is 1.50. The van der Waals surface area contributed by atoms with Crippen LogP contribution in [0.25, 0.3) is 0 Å². The summed E-state index contributed by atoms with van der Waals surface area (Å²) >= 11 is 7.37. The average Bonchev–Trinajstić information content (AvgIpc) is 2.78. The van der Waals surface area contributed by atoms with Crippen LogP contribution in [-0.4, -0.2) is 23.7 Å². The van der Waals surface area contributed by atoms with E-state index in [1.54, 1.807) is 11.3 Å². The summed E-state index contributed by atoms with van der Waals surface area (Å²) in [6, 6.07) is 1.88. The summed E-state index contributed by atoms with van der Waals surface area (Å²) < 4.78 is 0. The number of hydrogen-bond acceptors (Lipinski definition) is 3. The van der Waals surface area contributed by atoms with Crippen molar-refractivity contribution in [2.24, 2.45) is 5.92 Å². The van der Waals surface area contributed by atoms with E-state index in [0.717, 1.165) is 16.3 Å². The highest BCUT2D eigenvalue weighted by molar-refractivity contribution is 7.10. The first-order valence-corrected chi connectivity index (χ1v) is 7.46. The zero-order valence-electron chi connectivity index (χ0n) is 10.8. The molecular weight excluding hydrogens is 270 g/mol. The molecule has 5 heteroatoms. The number of halogens is 1. The third kappa shape index (κ3) is 5.38. The van der Waals surface area contributed by atoms with Gasteiger partial charge in [0.25, 0.3) is 0 Å². The Balaban J connectivity index is 2.22. The maximum absolute atomic E-state index is 11.6. The molecule has 2 N–H and O–H groups in total. The van der Waals surface area contributed by atoms with Crippen LogP contribution in [0.15, 0.2) is 11.4 Å². The lowest BCUT2D eigenvalue weighted by Crippen LogP contribution is -2.35. The highest BCUT2D eigenvalue weighted by atomic mass is 35.5. The number of rotatable bonds is 7. The lowest BCUT2D eigenvalue weighted by atomic mass is 10.0. The molecule has 0 saturated carbocycles. The van der Waals surface area contributed by atoms with Gasteiger partial charge in [-0.15, -0.1) is 11.3 Å². The van der Waals surface area contributed by atoms with E-state index in [-0.39, 0.29) is 11.8 Å². The quantitative estimate of drug-likeness (QED) is 0.811. The van der Waals surface area contributed by atoms with E-state index in [1.807, 2.05) is 25.3 Å². The molecule has 0 saturated heterocycles. The maximum Gasteiger partial charge on any atom is 0.220 e. The van der Waals surface area contributed by atoms with Gasteiger partial charge in [-0.3, -0.25) is 4.79 Å². The molecule has 2 atom stereocenters. The number of amides is 1. The zero-order chi connectivity index (χ0) is 13.5. The molecule has 0 radical (unpaired) electrons. The molecule has 1 heterocycles. The van der Waals surface area contributed by atoms with E-state index in [4.69, 9.17) is 11.6 Å². The highest BCUT2D eigenvalue weighted by Crippen LogP contribution is 2.20. The first-order valence-electron chi connectivity index (χ1n) is 6.20. The van der Waals surface area contributed by atoms with Crippen molar-refractivity contribution >= 4 is 28.8 Å². The summed E-state index contributed by atoms with van der Waals surface area (Å²) in [5.41, 5.74) is 0. The zero-order valence-corrected chi connectivity index (χ0v) is 12.4. The molecule has 0 spiro atoms. The minimum atomic E-state index is -0.463. The fraction of sp³-hybridized carbons (Fsp3) is 0.615. The Kier molecular flexibility index (Phi) is 6.68. The van der Waals surface area contributed by atoms with Crippen LogP contribution in [0.1, 0.15) is 31.6 Å². The van der Waals surface area contributed by atoms with Gasteiger partial charge in [0.05, 0.1) is 11.1 Å². The Labute approximate surface area is 117 Å². The maximum atomic E-state index is 11.6. The molecule has 2 unspecified atom stereocenters. The van der Waals surface area contributed by atoms with E-state index in [2.05, 4.69) is 5.32 Å². The summed E-state index contributed by atoms with van der Waals surface area (Å²) in [5.74, 6) is 0.184. The Bertz CT molecular complexity index is 381. The lowest BCUT2D eigenvalue weighted by Gasteiger charge is -2.17. The van der Waals surface area contributed by atoms with Crippen molar-refractivity contribution in [1.82, 2.24) is 5.32 Å². The predicted octanol–water partition coefficient (Wildman–Crippen LogP) is 2.86. The standard InChI is InChI=1S/C13H20ClNO2S/c1-3-9(2)12(16)7-15-13(17)5-4-11-6-10(14)8-18-11/h6,8-9,12,16H,3-5,7H2,1-2H3,(H,15,17). The molecule has 1 rings (SSSR count). The molecule has 0 bridgehead atoms.